The Labute approximate surface area is 136 Å². The molecule has 2 rings (SSSR count). The first-order valence-electron chi connectivity index (χ1n) is 7.58. The summed E-state index contributed by atoms with van der Waals surface area (Å²) in [5.74, 6) is 0.640. The van der Waals surface area contributed by atoms with Gasteiger partial charge in [-0.3, -0.25) is 4.79 Å². The number of hydrogen-bond donors (Lipinski definition) is 2. The number of carbonyl (C=O) groups is 1. The lowest BCUT2D eigenvalue weighted by Crippen LogP contribution is -2.97. The van der Waals surface area contributed by atoms with Crippen LogP contribution in [0.1, 0.15) is 39.5 Å². The van der Waals surface area contributed by atoms with E-state index in [1.54, 1.807) is 18.2 Å². The van der Waals surface area contributed by atoms with Crippen molar-refractivity contribution in [3.05, 3.63) is 28.2 Å². The summed E-state index contributed by atoms with van der Waals surface area (Å²) in [5, 5.41) is 6.13. The van der Waals surface area contributed by atoms with Gasteiger partial charge in [-0.1, -0.05) is 36.5 Å². The molecular formula is C16H23Cl2N2O+. The van der Waals surface area contributed by atoms with E-state index in [9.17, 15) is 4.79 Å². The minimum Gasteiger partial charge on any atom is -0.334 e. The number of anilines is 1. The van der Waals surface area contributed by atoms with Gasteiger partial charge in [-0.25, -0.2) is 0 Å². The van der Waals surface area contributed by atoms with Crippen LogP contribution >= 0.6 is 23.2 Å². The molecule has 0 heterocycles. The fourth-order valence-corrected chi connectivity index (χ4v) is 3.27. The van der Waals surface area contributed by atoms with E-state index in [0.717, 1.165) is 0 Å². The number of rotatable bonds is 4. The van der Waals surface area contributed by atoms with Crippen molar-refractivity contribution in [2.45, 2.75) is 51.6 Å². The summed E-state index contributed by atoms with van der Waals surface area (Å²) in [4.78, 5) is 12.3. The lowest BCUT2D eigenvalue weighted by molar-refractivity contribution is -0.714. The first-order chi connectivity index (χ1) is 9.97. The van der Waals surface area contributed by atoms with Gasteiger partial charge in [-0.05, 0) is 44.4 Å². The van der Waals surface area contributed by atoms with Crippen LogP contribution in [0.5, 0.6) is 0 Å². The second-order valence-electron chi connectivity index (χ2n) is 6.02. The number of nitrogens with two attached hydrogens (primary N) is 1. The van der Waals surface area contributed by atoms with Crippen LogP contribution in [0.15, 0.2) is 18.2 Å². The zero-order valence-electron chi connectivity index (χ0n) is 12.5. The van der Waals surface area contributed by atoms with Gasteiger partial charge in [-0.15, -0.1) is 0 Å². The lowest BCUT2D eigenvalue weighted by Gasteiger charge is -2.28. The predicted molar refractivity (Wildman–Crippen MR) is 87.9 cm³/mol. The first-order valence-corrected chi connectivity index (χ1v) is 8.34. The molecule has 0 aliphatic heterocycles. The van der Waals surface area contributed by atoms with Crippen molar-refractivity contribution in [1.29, 1.82) is 0 Å². The Morgan fingerprint density at radius 2 is 2.05 bits per heavy atom. The summed E-state index contributed by atoms with van der Waals surface area (Å²) >= 11 is 12.0. The molecule has 0 radical (unpaired) electrons. The summed E-state index contributed by atoms with van der Waals surface area (Å²) in [5.41, 5.74) is 0.575. The van der Waals surface area contributed by atoms with Crippen LogP contribution in [0, 0.1) is 5.92 Å². The first kappa shape index (κ1) is 16.6. The maximum Gasteiger partial charge on any atom is 0.282 e. The normalized spacial score (nSPS) is 23.6. The third-order valence-electron chi connectivity index (χ3n) is 4.31. The van der Waals surface area contributed by atoms with Crippen molar-refractivity contribution in [3.8, 4) is 0 Å². The fraction of sp³-hybridized carbons (Fsp3) is 0.562. The molecule has 0 aromatic heterocycles. The zero-order valence-corrected chi connectivity index (χ0v) is 14.0. The molecule has 3 N–H and O–H groups in total. The summed E-state index contributed by atoms with van der Waals surface area (Å²) in [7, 11) is 0. The minimum atomic E-state index is -0.134. The smallest absolute Gasteiger partial charge is 0.282 e. The molecule has 1 aliphatic carbocycles. The predicted octanol–water partition coefficient (Wildman–Crippen LogP) is 3.46. The van der Waals surface area contributed by atoms with Gasteiger partial charge >= 0.3 is 0 Å². The van der Waals surface area contributed by atoms with Gasteiger partial charge in [-0.2, -0.15) is 0 Å². The van der Waals surface area contributed by atoms with Crippen molar-refractivity contribution in [3.63, 3.8) is 0 Å². The van der Waals surface area contributed by atoms with Crippen LogP contribution in [-0.4, -0.2) is 18.0 Å². The summed E-state index contributed by atoms with van der Waals surface area (Å²) in [6.07, 6.45) is 5.02. The Morgan fingerprint density at radius 3 is 2.76 bits per heavy atom. The van der Waals surface area contributed by atoms with Gasteiger partial charge in [0, 0.05) is 10.9 Å². The van der Waals surface area contributed by atoms with Crippen LogP contribution in [0.25, 0.3) is 0 Å². The molecular weight excluding hydrogens is 307 g/mol. The minimum absolute atomic E-state index is 0.0306. The van der Waals surface area contributed by atoms with Crippen LogP contribution in [0.3, 0.4) is 0 Å². The van der Waals surface area contributed by atoms with Gasteiger partial charge < -0.3 is 10.6 Å². The molecule has 1 aromatic carbocycles. The highest BCUT2D eigenvalue weighted by Crippen LogP contribution is 2.25. The number of halogens is 2. The summed E-state index contributed by atoms with van der Waals surface area (Å²) in [6.45, 7) is 4.22. The van der Waals surface area contributed by atoms with Gasteiger partial charge in [0.1, 0.15) is 0 Å². The highest BCUT2D eigenvalue weighted by molar-refractivity contribution is 6.35. The Bertz CT molecular complexity index is 507. The largest absolute Gasteiger partial charge is 0.334 e. The number of nitrogens with one attached hydrogen (secondary N) is 1. The number of carbonyl (C=O) groups excluding carboxylic acids is 1. The standard InChI is InChI=1S/C16H22Cl2N2O/c1-10-5-3-4-6-14(10)19-11(2)16(21)20-15-9-12(17)7-8-13(15)18/h7-11,14,19H,3-6H2,1-2H3,(H,20,21)/p+1/t10-,11-,14+/m0/s1. The monoisotopic (exact) mass is 329 g/mol. The average Bonchev–Trinajstić information content (AvgIpc) is 2.45. The maximum atomic E-state index is 12.3. The Kier molecular flexibility index (Phi) is 5.91. The highest BCUT2D eigenvalue weighted by Gasteiger charge is 2.28. The molecule has 0 saturated heterocycles. The molecule has 1 fully saturated rings. The van der Waals surface area contributed by atoms with E-state index in [0.29, 0.717) is 27.7 Å². The van der Waals surface area contributed by atoms with Crippen molar-refractivity contribution < 1.29 is 10.1 Å². The average molecular weight is 330 g/mol. The quantitative estimate of drug-likeness (QED) is 0.872. The van der Waals surface area contributed by atoms with Crippen LogP contribution in [0.4, 0.5) is 5.69 Å². The second-order valence-corrected chi connectivity index (χ2v) is 6.86. The van der Waals surface area contributed by atoms with E-state index < -0.39 is 0 Å². The van der Waals surface area contributed by atoms with Crippen molar-refractivity contribution in [1.82, 2.24) is 0 Å². The van der Waals surface area contributed by atoms with E-state index >= 15 is 0 Å². The van der Waals surface area contributed by atoms with Crippen LogP contribution in [-0.2, 0) is 4.79 Å². The number of hydrogen-bond acceptors (Lipinski definition) is 1. The molecule has 0 bridgehead atoms. The topological polar surface area (TPSA) is 45.7 Å². The van der Waals surface area contributed by atoms with E-state index in [-0.39, 0.29) is 11.9 Å². The molecule has 5 heteroatoms. The third kappa shape index (κ3) is 4.60. The van der Waals surface area contributed by atoms with Gasteiger partial charge in [0.05, 0.1) is 16.8 Å². The Hall–Kier alpha value is -0.770. The SMILES string of the molecule is C[C@H]([NH2+][C@@H]1CCCC[C@@H]1C)C(=O)Nc1cc(Cl)ccc1Cl. The Morgan fingerprint density at radius 1 is 1.33 bits per heavy atom. The van der Waals surface area contributed by atoms with Crippen LogP contribution < -0.4 is 10.6 Å². The van der Waals surface area contributed by atoms with Crippen molar-refractivity contribution >= 4 is 34.8 Å². The van der Waals surface area contributed by atoms with Crippen molar-refractivity contribution in [2.24, 2.45) is 5.92 Å². The molecule has 3 atom stereocenters. The van der Waals surface area contributed by atoms with E-state index in [1.807, 2.05) is 6.92 Å². The van der Waals surface area contributed by atoms with E-state index in [1.165, 1.54) is 25.7 Å². The summed E-state index contributed by atoms with van der Waals surface area (Å²) < 4.78 is 0. The van der Waals surface area contributed by atoms with E-state index in [4.69, 9.17) is 23.2 Å². The molecule has 1 saturated carbocycles. The summed E-state index contributed by atoms with van der Waals surface area (Å²) in [6, 6.07) is 5.48. The molecule has 1 aromatic rings. The molecule has 1 amide bonds. The molecule has 3 nitrogen and oxygen atoms in total. The van der Waals surface area contributed by atoms with Gasteiger partial charge in [0.2, 0.25) is 0 Å². The highest BCUT2D eigenvalue weighted by atomic mass is 35.5. The molecule has 116 valence electrons. The number of amides is 1. The number of benzene rings is 1. The lowest BCUT2D eigenvalue weighted by atomic mass is 9.85. The second kappa shape index (κ2) is 7.48. The molecule has 1 aliphatic rings. The molecule has 21 heavy (non-hydrogen) atoms. The number of quaternary nitrogens is 1. The van der Waals surface area contributed by atoms with Gasteiger partial charge in [0.25, 0.3) is 5.91 Å². The Balaban J connectivity index is 1.94. The van der Waals surface area contributed by atoms with Crippen LogP contribution in [0.2, 0.25) is 10.0 Å². The zero-order chi connectivity index (χ0) is 15.4. The molecule has 0 unspecified atom stereocenters. The maximum absolute atomic E-state index is 12.3. The third-order valence-corrected chi connectivity index (χ3v) is 4.88. The fourth-order valence-electron chi connectivity index (χ4n) is 2.93. The van der Waals surface area contributed by atoms with E-state index in [2.05, 4.69) is 17.6 Å². The van der Waals surface area contributed by atoms with Crippen molar-refractivity contribution in [2.75, 3.05) is 5.32 Å². The van der Waals surface area contributed by atoms with Gasteiger partial charge in [0.15, 0.2) is 6.04 Å². The molecule has 0 spiro atoms.